The zero-order chi connectivity index (χ0) is 22.7. The number of pyridine rings is 2. The fourth-order valence-corrected chi connectivity index (χ4v) is 4.41. The van der Waals surface area contributed by atoms with Crippen LogP contribution in [-0.2, 0) is 4.74 Å². The molecule has 32 heavy (non-hydrogen) atoms. The second-order valence-electron chi connectivity index (χ2n) is 7.32. The topological polar surface area (TPSA) is 108 Å². The van der Waals surface area contributed by atoms with Crippen LogP contribution < -0.4 is 14.8 Å². The van der Waals surface area contributed by atoms with E-state index in [4.69, 9.17) is 25.8 Å². The van der Waals surface area contributed by atoms with Gasteiger partial charge in [-0.25, -0.2) is 4.98 Å². The Morgan fingerprint density at radius 2 is 1.94 bits per heavy atom. The van der Waals surface area contributed by atoms with Gasteiger partial charge in [-0.1, -0.05) is 16.7 Å². The molecule has 1 aliphatic rings. The maximum atomic E-state index is 13.1. The quantitative estimate of drug-likeness (QED) is 0.507. The normalized spacial score (nSPS) is 17.9. The molecule has 0 saturated heterocycles. The van der Waals surface area contributed by atoms with Crippen LogP contribution in [0.4, 0.5) is 5.13 Å². The maximum Gasteiger partial charge on any atom is 0.296 e. The summed E-state index contributed by atoms with van der Waals surface area (Å²) in [6.45, 7) is 1.84. The molecule has 0 unspecified atom stereocenters. The molecule has 4 rings (SSSR count). The number of amides is 1. The van der Waals surface area contributed by atoms with Crippen molar-refractivity contribution in [1.29, 1.82) is 0 Å². The molecule has 3 aromatic rings. The molecule has 1 aliphatic carbocycles. The molecule has 1 saturated carbocycles. The number of hydrogen-bond donors (Lipinski definition) is 1. The summed E-state index contributed by atoms with van der Waals surface area (Å²) in [5.74, 6) is 0.108. The molecule has 3 aromatic heterocycles. The highest BCUT2D eigenvalue weighted by Gasteiger charge is 2.27. The van der Waals surface area contributed by atoms with Crippen molar-refractivity contribution in [2.45, 2.75) is 38.4 Å². The van der Waals surface area contributed by atoms with E-state index in [0.29, 0.717) is 32.8 Å². The summed E-state index contributed by atoms with van der Waals surface area (Å²) in [7, 11) is 3.24. The Labute approximate surface area is 194 Å². The van der Waals surface area contributed by atoms with Crippen molar-refractivity contribution in [1.82, 2.24) is 20.2 Å². The first kappa shape index (κ1) is 22.4. The number of anilines is 1. The van der Waals surface area contributed by atoms with Gasteiger partial charge in [-0.05, 0) is 43.2 Å². The zero-order valence-electron chi connectivity index (χ0n) is 17.8. The van der Waals surface area contributed by atoms with E-state index in [1.165, 1.54) is 30.8 Å². The van der Waals surface area contributed by atoms with Crippen LogP contribution in [-0.4, -0.2) is 52.5 Å². The fraction of sp³-hybridized carbons (Fsp3) is 0.381. The first-order valence-corrected chi connectivity index (χ1v) is 11.2. The molecule has 9 nitrogen and oxygen atoms in total. The second-order valence-corrected chi connectivity index (χ2v) is 8.64. The average molecular weight is 476 g/mol. The third-order valence-corrected chi connectivity index (χ3v) is 6.13. The molecule has 1 N–H and O–H groups in total. The minimum atomic E-state index is -0.384. The van der Waals surface area contributed by atoms with E-state index in [2.05, 4.69) is 25.5 Å². The van der Waals surface area contributed by atoms with E-state index in [1.807, 2.05) is 6.92 Å². The van der Waals surface area contributed by atoms with Crippen LogP contribution in [0.25, 0.3) is 11.1 Å². The Hall–Kier alpha value is -2.82. The van der Waals surface area contributed by atoms with Gasteiger partial charge in [-0.3, -0.25) is 15.1 Å². The van der Waals surface area contributed by atoms with Crippen LogP contribution in [0.15, 0.2) is 24.5 Å². The number of halogens is 1. The predicted molar refractivity (Wildman–Crippen MR) is 121 cm³/mol. The van der Waals surface area contributed by atoms with Crippen LogP contribution in [0.1, 0.15) is 35.3 Å². The van der Waals surface area contributed by atoms with Gasteiger partial charge in [-0.2, -0.15) is 0 Å². The summed E-state index contributed by atoms with van der Waals surface area (Å²) in [6, 6.07) is 3.45. The van der Waals surface area contributed by atoms with Crippen molar-refractivity contribution in [3.8, 4) is 22.1 Å². The minimum absolute atomic E-state index is 0.0354. The van der Waals surface area contributed by atoms with Crippen LogP contribution in [0.2, 0.25) is 5.15 Å². The van der Waals surface area contributed by atoms with Gasteiger partial charge in [0.15, 0.2) is 0 Å². The van der Waals surface area contributed by atoms with Crippen LogP contribution in [0.5, 0.6) is 10.9 Å². The number of hydrogen-bond acceptors (Lipinski definition) is 9. The lowest BCUT2D eigenvalue weighted by atomic mass is 10.0. The van der Waals surface area contributed by atoms with E-state index < -0.39 is 0 Å². The van der Waals surface area contributed by atoms with Crippen molar-refractivity contribution in [2.75, 3.05) is 19.5 Å². The number of aromatic nitrogens is 4. The molecule has 0 aliphatic heterocycles. The van der Waals surface area contributed by atoms with Crippen molar-refractivity contribution >= 4 is 34.0 Å². The van der Waals surface area contributed by atoms with Gasteiger partial charge < -0.3 is 14.2 Å². The van der Waals surface area contributed by atoms with E-state index in [-0.39, 0.29) is 23.3 Å². The largest absolute Gasteiger partial charge is 0.494 e. The monoisotopic (exact) mass is 475 g/mol. The van der Waals surface area contributed by atoms with E-state index >= 15 is 0 Å². The van der Waals surface area contributed by atoms with Crippen LogP contribution in [0, 0.1) is 6.92 Å². The summed E-state index contributed by atoms with van der Waals surface area (Å²) in [5, 5.41) is 11.9. The highest BCUT2D eigenvalue weighted by molar-refractivity contribution is 7.17. The van der Waals surface area contributed by atoms with Gasteiger partial charge in [0.05, 0.1) is 25.0 Å². The number of aryl methyl sites for hydroxylation is 1. The Kier molecular flexibility index (Phi) is 6.83. The van der Waals surface area contributed by atoms with Gasteiger partial charge in [-0.15, -0.1) is 5.10 Å². The highest BCUT2D eigenvalue weighted by Crippen LogP contribution is 2.35. The van der Waals surface area contributed by atoms with Gasteiger partial charge in [0, 0.05) is 36.5 Å². The second kappa shape index (κ2) is 9.76. The summed E-state index contributed by atoms with van der Waals surface area (Å²) in [6.07, 6.45) is 5.93. The van der Waals surface area contributed by atoms with Crippen molar-refractivity contribution in [3.05, 3.63) is 40.9 Å². The number of methoxy groups -OCH3 is 2. The standard InChI is InChI=1S/C21H22ClN5O4S/c1-11-6-14(15-8-18(22)24-10-17(15)30-3)16(9-23-11)19(28)25-20-26-27-21(32-20)31-13-5-4-12(7-13)29-2/h6,8-10,12-13H,4-5,7H2,1-3H3,(H,25,26,28)/t12-,13+/m1/s1. The molecule has 2 atom stereocenters. The molecule has 0 spiro atoms. The molecule has 0 aromatic carbocycles. The van der Waals surface area contributed by atoms with Gasteiger partial charge in [0.2, 0.25) is 5.13 Å². The van der Waals surface area contributed by atoms with E-state index in [9.17, 15) is 4.79 Å². The molecular formula is C21H22ClN5O4S. The fourth-order valence-electron chi connectivity index (χ4n) is 3.59. The predicted octanol–water partition coefficient (Wildman–Crippen LogP) is 4.16. The zero-order valence-corrected chi connectivity index (χ0v) is 19.4. The van der Waals surface area contributed by atoms with Crippen LogP contribution >= 0.6 is 22.9 Å². The number of nitrogens with zero attached hydrogens (tertiary/aromatic N) is 4. The van der Waals surface area contributed by atoms with Crippen molar-refractivity contribution in [2.24, 2.45) is 0 Å². The molecule has 3 heterocycles. The minimum Gasteiger partial charge on any atom is -0.494 e. The lowest BCUT2D eigenvalue weighted by Crippen LogP contribution is -2.14. The third-order valence-electron chi connectivity index (χ3n) is 5.19. The Morgan fingerprint density at radius 1 is 1.12 bits per heavy atom. The molecule has 11 heteroatoms. The summed E-state index contributed by atoms with van der Waals surface area (Å²) >= 11 is 7.27. The lowest BCUT2D eigenvalue weighted by molar-refractivity contribution is 0.0944. The Bertz CT molecular complexity index is 1130. The third kappa shape index (κ3) is 4.98. The summed E-state index contributed by atoms with van der Waals surface area (Å²) < 4.78 is 16.7. The number of nitrogens with one attached hydrogen (secondary N) is 1. The maximum absolute atomic E-state index is 13.1. The van der Waals surface area contributed by atoms with Gasteiger partial charge in [0.1, 0.15) is 17.0 Å². The van der Waals surface area contributed by atoms with Gasteiger partial charge >= 0.3 is 0 Å². The smallest absolute Gasteiger partial charge is 0.296 e. The number of carbonyl (C=O) groups is 1. The molecule has 1 amide bonds. The van der Waals surface area contributed by atoms with Gasteiger partial charge in [0.25, 0.3) is 11.1 Å². The summed E-state index contributed by atoms with van der Waals surface area (Å²) in [5.41, 5.74) is 2.34. The molecule has 0 radical (unpaired) electrons. The first-order valence-electron chi connectivity index (χ1n) is 9.97. The molecular weight excluding hydrogens is 454 g/mol. The van der Waals surface area contributed by atoms with Crippen molar-refractivity contribution < 1.29 is 19.0 Å². The lowest BCUT2D eigenvalue weighted by Gasteiger charge is -2.13. The van der Waals surface area contributed by atoms with Crippen molar-refractivity contribution in [3.63, 3.8) is 0 Å². The summed E-state index contributed by atoms with van der Waals surface area (Å²) in [4.78, 5) is 21.4. The van der Waals surface area contributed by atoms with Crippen LogP contribution in [0.3, 0.4) is 0 Å². The molecule has 1 fully saturated rings. The first-order chi connectivity index (χ1) is 15.5. The number of carbonyl (C=O) groups excluding carboxylic acids is 1. The Balaban J connectivity index is 1.54. The molecule has 0 bridgehead atoms. The van der Waals surface area contributed by atoms with E-state index in [0.717, 1.165) is 25.0 Å². The highest BCUT2D eigenvalue weighted by atomic mass is 35.5. The average Bonchev–Trinajstić information content (AvgIpc) is 3.43. The number of ether oxygens (including phenoxy) is 3. The Morgan fingerprint density at radius 3 is 2.69 bits per heavy atom. The SMILES string of the molecule is COc1cnc(Cl)cc1-c1cc(C)ncc1C(=O)Nc1nnc(O[C@H]2CC[C@@H](OC)C2)s1. The van der Waals surface area contributed by atoms with E-state index in [1.54, 1.807) is 19.2 Å². The number of rotatable bonds is 7. The molecule has 168 valence electrons.